The molecule has 149 heavy (non-hydrogen) atoms. The molecule has 30 rings (SSSR count). The molecule has 0 atom stereocenters. The molecule has 3 N–H and O–H groups in total. The van der Waals surface area contributed by atoms with Gasteiger partial charge in [-0.2, -0.15) is 0 Å². The van der Waals surface area contributed by atoms with Crippen molar-refractivity contribution in [3.05, 3.63) is 472 Å². The highest BCUT2D eigenvalue weighted by Gasteiger charge is 2.39. The van der Waals surface area contributed by atoms with Crippen LogP contribution in [0.15, 0.2) is 486 Å². The van der Waals surface area contributed by atoms with Crippen molar-refractivity contribution in [1.29, 1.82) is 0 Å². The van der Waals surface area contributed by atoms with Gasteiger partial charge in [0.15, 0.2) is 22.3 Å². The number of fused-ring (bicyclic) bond motifs is 22. The van der Waals surface area contributed by atoms with Gasteiger partial charge in [0.1, 0.15) is 66.7 Å². The highest BCUT2D eigenvalue weighted by Crippen LogP contribution is 2.55. The molecular formula is C130H87Br3N8O8. The zero-order valence-electron chi connectivity index (χ0n) is 80.7. The van der Waals surface area contributed by atoms with Crippen molar-refractivity contribution in [2.75, 3.05) is 20.9 Å². The van der Waals surface area contributed by atoms with Crippen LogP contribution in [0.1, 0.15) is 49.9 Å². The average Bonchev–Trinajstić information content (AvgIpc) is 1.31. The Hall–Kier alpha value is -17.9. The van der Waals surface area contributed by atoms with E-state index >= 15 is 0 Å². The number of oxazole rings is 4. The topological polar surface area (TPSA) is 201 Å². The third-order valence-corrected chi connectivity index (χ3v) is 29.7. The number of anilines is 9. The minimum absolute atomic E-state index is 0.0816. The fraction of sp³-hybridized carbons (Fsp3) is 0.0462. The third kappa shape index (κ3) is 17.0. The number of benzene rings is 20. The second-order valence-electron chi connectivity index (χ2n) is 38.2. The monoisotopic (exact) mass is 2120 g/mol. The zero-order chi connectivity index (χ0) is 100. The number of nitrogens with zero attached hydrogens (tertiary/aromatic N) is 6. The van der Waals surface area contributed by atoms with Crippen LogP contribution in [0, 0.1) is 0 Å². The van der Waals surface area contributed by atoms with Gasteiger partial charge in [-0.25, -0.2) is 19.9 Å². The summed E-state index contributed by atoms with van der Waals surface area (Å²) in [6.07, 6.45) is 0. The number of rotatable bonds is 12. The van der Waals surface area contributed by atoms with Crippen LogP contribution >= 0.6 is 47.8 Å². The smallest absolute Gasteiger partial charge is 0.227 e. The molecule has 2 aliphatic carbocycles. The Labute approximate surface area is 879 Å². The minimum Gasteiger partial charge on any atom is -0.456 e. The van der Waals surface area contributed by atoms with Crippen LogP contribution in [0.3, 0.4) is 0 Å². The van der Waals surface area contributed by atoms with Gasteiger partial charge in [-0.3, -0.25) is 0 Å². The van der Waals surface area contributed by atoms with E-state index in [2.05, 4.69) is 313 Å². The lowest BCUT2D eigenvalue weighted by Gasteiger charge is -2.29. The van der Waals surface area contributed by atoms with Gasteiger partial charge >= 0.3 is 0 Å². The number of nitrogens with one attached hydrogen (secondary N) is 1. The number of furan rings is 4. The predicted molar refractivity (Wildman–Crippen MR) is 615 cm³/mol. The van der Waals surface area contributed by atoms with E-state index in [1.165, 1.54) is 55.3 Å². The molecule has 0 aliphatic heterocycles. The van der Waals surface area contributed by atoms with Crippen LogP contribution in [-0.4, -0.2) is 19.9 Å². The van der Waals surface area contributed by atoms with E-state index < -0.39 is 0 Å². The molecule has 0 saturated carbocycles. The van der Waals surface area contributed by atoms with Crippen LogP contribution in [0.5, 0.6) is 0 Å². The number of nitrogens with two attached hydrogens (primary N) is 1. The van der Waals surface area contributed by atoms with E-state index in [0.717, 1.165) is 208 Å². The van der Waals surface area contributed by atoms with Gasteiger partial charge in [0.25, 0.3) is 0 Å². The molecular weight excluding hydrogens is 2040 g/mol. The fourth-order valence-corrected chi connectivity index (χ4v) is 21.8. The van der Waals surface area contributed by atoms with Crippen molar-refractivity contribution >= 4 is 231 Å². The molecule has 0 bridgehead atoms. The number of nitrogen functional groups attached to an aromatic ring is 1. The first-order chi connectivity index (χ1) is 72.9. The third-order valence-electron chi connectivity index (χ3n) is 28.2. The molecule has 28 aromatic rings. The summed E-state index contributed by atoms with van der Waals surface area (Å²) in [6, 6.07) is 149. The summed E-state index contributed by atoms with van der Waals surface area (Å²) in [5, 5.41) is 12.4. The number of para-hydroxylation sites is 12. The van der Waals surface area contributed by atoms with Gasteiger partial charge in [-0.05, 0) is 317 Å². The van der Waals surface area contributed by atoms with Crippen LogP contribution in [-0.2, 0) is 10.8 Å². The van der Waals surface area contributed by atoms with E-state index in [1.54, 1.807) is 0 Å². The Bertz CT molecular complexity index is 9600. The van der Waals surface area contributed by atoms with Crippen molar-refractivity contribution in [1.82, 2.24) is 19.9 Å². The summed E-state index contributed by atoms with van der Waals surface area (Å²) < 4.78 is 51.8. The predicted octanol–water partition coefficient (Wildman–Crippen LogP) is 38.4. The Morgan fingerprint density at radius 1 is 0.215 bits per heavy atom. The number of hydrogen-bond acceptors (Lipinski definition) is 16. The van der Waals surface area contributed by atoms with Crippen molar-refractivity contribution in [2.24, 2.45) is 0 Å². The highest BCUT2D eigenvalue weighted by atomic mass is 79.9. The van der Waals surface area contributed by atoms with Gasteiger partial charge in [-0.15, -0.1) is 0 Å². The van der Waals surface area contributed by atoms with Gasteiger partial charge in [0.05, 0.1) is 0 Å². The molecule has 20 aromatic carbocycles. The summed E-state index contributed by atoms with van der Waals surface area (Å²) in [5.41, 5.74) is 41.8. The first kappa shape index (κ1) is 91.1. The molecule has 0 saturated heterocycles. The van der Waals surface area contributed by atoms with Gasteiger partial charge < -0.3 is 56.2 Å². The van der Waals surface area contributed by atoms with Crippen LogP contribution in [0.25, 0.3) is 200 Å². The second kappa shape index (κ2) is 37.3. The molecule has 0 fully saturated rings. The van der Waals surface area contributed by atoms with Crippen LogP contribution < -0.4 is 20.9 Å². The van der Waals surface area contributed by atoms with Crippen molar-refractivity contribution in [2.45, 2.75) is 38.5 Å². The largest absolute Gasteiger partial charge is 0.456 e. The Morgan fingerprint density at radius 2 is 0.463 bits per heavy atom. The number of aromatic nitrogens is 4. The lowest BCUT2D eigenvalue weighted by atomic mass is 9.82. The zero-order valence-corrected chi connectivity index (χ0v) is 85.5. The minimum atomic E-state index is -0.368. The summed E-state index contributed by atoms with van der Waals surface area (Å²) >= 11 is 10.6. The Balaban J connectivity index is 0.000000118. The first-order valence-electron chi connectivity index (χ1n) is 49.1. The molecule has 0 unspecified atom stereocenters. The first-order valence-corrected chi connectivity index (χ1v) is 51.4. The fourth-order valence-electron chi connectivity index (χ4n) is 20.8. The van der Waals surface area contributed by atoms with Crippen LogP contribution in [0.2, 0.25) is 0 Å². The SMILES string of the molecule is Brc1ccc2c(c1)oc1ccccc12.CC1(C)c2cc(Br)ccc2-c2ccc(Br)cc21.CC1(C)c2cc(N(c3ccc(-c4nc5ccccc5o4)cc3)c3ccc4c(c3)oc3ccccc34)ccc2-c2ccc(N(c3ccc(-c4nc5ccccc5o4)cc3)c3ccc4c(c3)oc3ccccc34)cc21.Nc1ccc(-c2nc3ccccc3o2)cc1.c1ccc2oc(-c3ccc(Nc4ccc5c(c4)oc4ccccc45)cc3)nc2c1. The molecule has 0 spiro atoms. The summed E-state index contributed by atoms with van der Waals surface area (Å²) in [5.74, 6) is 2.43. The maximum absolute atomic E-state index is 6.47. The molecule has 2 aliphatic rings. The van der Waals surface area contributed by atoms with E-state index in [0.29, 0.717) is 23.6 Å². The van der Waals surface area contributed by atoms with Crippen LogP contribution in [0.4, 0.5) is 51.2 Å². The molecule has 0 amide bonds. The number of hydrogen-bond donors (Lipinski definition) is 2. The summed E-state index contributed by atoms with van der Waals surface area (Å²) in [7, 11) is 0. The Kier molecular flexibility index (Phi) is 22.8. The lowest BCUT2D eigenvalue weighted by molar-refractivity contribution is 0.619. The van der Waals surface area contributed by atoms with Gasteiger partial charge in [0.2, 0.25) is 23.6 Å². The maximum Gasteiger partial charge on any atom is 0.227 e. The molecule has 16 nitrogen and oxygen atoms in total. The maximum atomic E-state index is 6.47. The Morgan fingerprint density at radius 3 is 0.826 bits per heavy atom. The summed E-state index contributed by atoms with van der Waals surface area (Å²) in [6.45, 7) is 9.25. The van der Waals surface area contributed by atoms with E-state index in [-0.39, 0.29) is 10.8 Å². The second-order valence-corrected chi connectivity index (χ2v) is 41.0. The lowest BCUT2D eigenvalue weighted by Crippen LogP contribution is -2.17. The molecule has 716 valence electrons. The average molecular weight is 2130 g/mol. The van der Waals surface area contributed by atoms with Gasteiger partial charge in [-0.1, -0.05) is 221 Å². The van der Waals surface area contributed by atoms with Crippen molar-refractivity contribution in [3.63, 3.8) is 0 Å². The number of halogens is 3. The molecule has 0 radical (unpaired) electrons. The standard InChI is InChI=1S/C65H42N4O4.C25H16N2O2.C15H12Br2.C13H10N2O.C12H7BrO/c1-65(2)53-35-43(68(45-29-33-51-49-11-3-7-15-57(49)70-61(51)37-45)41-23-19-39(20-24-41)63-66-55-13-5-9-17-59(55)72-63)27-31-47(53)48-32-28-44(36-54(48)65)69(46-30-34-52-50-12-4-8-16-58(50)71-62(52)38-46)42-25-21-40(22-26-42)64-67-56-14-6-10-18-60(56)73-64;1-3-7-22-19(5-1)20-14-13-18(15-24(20)28-22)26-17-11-9-16(10-12-17)25-27-21-6-2-4-8-23(21)29-25;1-15(2)13-7-9(16)3-5-11(13)12-6-4-10(17)8-14(12)15;14-10-7-5-9(6-8-10)13-15-11-3-1-2-4-12(11)16-13;13-8-5-6-10-9-3-1-2-4-11(9)14-12(10)7-8/h3-38H,1-2H3;1-15,26H;3-8H,1-2H3;1-8H,14H2;1-7H. The van der Waals surface area contributed by atoms with E-state index in [9.17, 15) is 0 Å². The molecule has 8 aromatic heterocycles. The van der Waals surface area contributed by atoms with E-state index in [1.807, 2.05) is 224 Å². The van der Waals surface area contributed by atoms with Gasteiger partial charge in [0, 0.05) is 159 Å². The summed E-state index contributed by atoms with van der Waals surface area (Å²) in [4.78, 5) is 23.2. The van der Waals surface area contributed by atoms with E-state index in [4.69, 9.17) is 51.0 Å². The molecule has 8 heterocycles. The highest BCUT2D eigenvalue weighted by molar-refractivity contribution is 9.11. The normalized spacial score (nSPS) is 12.5. The van der Waals surface area contributed by atoms with Crippen molar-refractivity contribution in [3.8, 4) is 68.1 Å². The molecule has 19 heteroatoms. The van der Waals surface area contributed by atoms with Crippen molar-refractivity contribution < 1.29 is 35.3 Å². The quantitative estimate of drug-likeness (QED) is 0.109.